The van der Waals surface area contributed by atoms with Crippen LogP contribution in [0, 0.1) is 11.6 Å². The van der Waals surface area contributed by atoms with Crippen LogP contribution in [0.4, 0.5) is 14.7 Å². The van der Waals surface area contributed by atoms with Crippen molar-refractivity contribution in [3.63, 3.8) is 0 Å². The average Bonchev–Trinajstić information content (AvgIpc) is 2.85. The highest BCUT2D eigenvalue weighted by atomic mass is 35.5. The lowest BCUT2D eigenvalue weighted by molar-refractivity contribution is 0.194. The van der Waals surface area contributed by atoms with Gasteiger partial charge in [0.25, 0.3) is 0 Å². The largest absolute Gasteiger partial charge is 0.391 e. The molecule has 3 rings (SSSR count). The minimum Gasteiger partial charge on any atom is -0.391 e. The molecule has 21 heavy (non-hydrogen) atoms. The van der Waals surface area contributed by atoms with Gasteiger partial charge in [0.1, 0.15) is 0 Å². The third-order valence-electron chi connectivity index (χ3n) is 3.47. The summed E-state index contributed by atoms with van der Waals surface area (Å²) in [6.45, 7) is 0.325. The number of anilines is 1. The molecule has 4 nitrogen and oxygen atoms in total. The van der Waals surface area contributed by atoms with E-state index >= 15 is 0 Å². The maximum absolute atomic E-state index is 13.4. The summed E-state index contributed by atoms with van der Waals surface area (Å²) in [5, 5.41) is 10.3. The van der Waals surface area contributed by atoms with Crippen molar-refractivity contribution in [2.45, 2.75) is 18.6 Å². The summed E-state index contributed by atoms with van der Waals surface area (Å²) in [6.07, 6.45) is 2.73. The average molecular weight is 312 g/mol. The van der Waals surface area contributed by atoms with Gasteiger partial charge in [-0.3, -0.25) is 0 Å². The van der Waals surface area contributed by atoms with Crippen molar-refractivity contribution in [3.05, 3.63) is 52.8 Å². The standard InChI is InChI=1S/C14H12ClF2N3O/c15-9-5-18-14(19-6-9)20-7-10(21)4-13(20)8-1-2-11(16)12(17)3-8/h1-3,5-6,10,13,21H,4,7H2. The Balaban J connectivity index is 1.95. The zero-order valence-electron chi connectivity index (χ0n) is 10.9. The number of aromatic nitrogens is 2. The second-order valence-electron chi connectivity index (χ2n) is 4.93. The number of nitrogens with zero attached hydrogens (tertiary/aromatic N) is 3. The van der Waals surface area contributed by atoms with E-state index in [1.807, 2.05) is 0 Å². The summed E-state index contributed by atoms with van der Waals surface area (Å²) in [4.78, 5) is 9.99. The maximum atomic E-state index is 13.4. The van der Waals surface area contributed by atoms with Crippen LogP contribution in [0.1, 0.15) is 18.0 Å². The molecule has 1 aliphatic heterocycles. The molecule has 1 aliphatic rings. The molecular weight excluding hydrogens is 300 g/mol. The molecule has 2 atom stereocenters. The molecule has 0 amide bonds. The van der Waals surface area contributed by atoms with Crippen LogP contribution in [0.3, 0.4) is 0 Å². The van der Waals surface area contributed by atoms with Crippen molar-refractivity contribution < 1.29 is 13.9 Å². The minimum absolute atomic E-state index is 0.309. The first-order valence-electron chi connectivity index (χ1n) is 6.42. The summed E-state index contributed by atoms with van der Waals surface area (Å²) in [7, 11) is 0. The van der Waals surface area contributed by atoms with Gasteiger partial charge in [0.2, 0.25) is 5.95 Å². The zero-order chi connectivity index (χ0) is 15.0. The van der Waals surface area contributed by atoms with Crippen LogP contribution in [-0.4, -0.2) is 27.7 Å². The van der Waals surface area contributed by atoms with Gasteiger partial charge in [-0.15, -0.1) is 0 Å². The Morgan fingerprint density at radius 3 is 2.57 bits per heavy atom. The number of aliphatic hydroxyl groups is 1. The van der Waals surface area contributed by atoms with Gasteiger partial charge in [0.05, 0.1) is 29.6 Å². The predicted octanol–water partition coefficient (Wildman–Crippen LogP) is 2.72. The molecule has 2 unspecified atom stereocenters. The number of benzene rings is 1. The number of hydrogen-bond acceptors (Lipinski definition) is 4. The van der Waals surface area contributed by atoms with Gasteiger partial charge in [-0.1, -0.05) is 17.7 Å². The van der Waals surface area contributed by atoms with E-state index in [2.05, 4.69) is 9.97 Å². The molecule has 1 fully saturated rings. The first kappa shape index (κ1) is 14.2. The van der Waals surface area contributed by atoms with E-state index in [0.29, 0.717) is 29.5 Å². The van der Waals surface area contributed by atoms with Crippen LogP contribution in [0.2, 0.25) is 5.02 Å². The molecule has 7 heteroatoms. The van der Waals surface area contributed by atoms with E-state index in [4.69, 9.17) is 11.6 Å². The van der Waals surface area contributed by atoms with Gasteiger partial charge in [-0.05, 0) is 24.1 Å². The Morgan fingerprint density at radius 1 is 1.19 bits per heavy atom. The van der Waals surface area contributed by atoms with Crippen molar-refractivity contribution in [3.8, 4) is 0 Å². The zero-order valence-corrected chi connectivity index (χ0v) is 11.6. The van der Waals surface area contributed by atoms with Crippen LogP contribution in [0.5, 0.6) is 0 Å². The van der Waals surface area contributed by atoms with E-state index in [9.17, 15) is 13.9 Å². The Morgan fingerprint density at radius 2 is 1.90 bits per heavy atom. The molecule has 110 valence electrons. The highest BCUT2D eigenvalue weighted by molar-refractivity contribution is 6.30. The normalized spacial score (nSPS) is 21.8. The van der Waals surface area contributed by atoms with Crippen LogP contribution >= 0.6 is 11.6 Å². The van der Waals surface area contributed by atoms with E-state index in [1.54, 1.807) is 4.90 Å². The lowest BCUT2D eigenvalue weighted by atomic mass is 10.0. The number of halogens is 3. The Kier molecular flexibility index (Phi) is 3.73. The van der Waals surface area contributed by atoms with Crippen molar-refractivity contribution in [1.29, 1.82) is 0 Å². The molecular formula is C14H12ClF2N3O. The van der Waals surface area contributed by atoms with Crippen LogP contribution < -0.4 is 4.90 Å². The lowest BCUT2D eigenvalue weighted by Gasteiger charge is -2.24. The second-order valence-corrected chi connectivity index (χ2v) is 5.37. The predicted molar refractivity (Wildman–Crippen MR) is 74.1 cm³/mol. The molecule has 2 aromatic rings. The van der Waals surface area contributed by atoms with E-state index in [-0.39, 0.29) is 6.04 Å². The third-order valence-corrected chi connectivity index (χ3v) is 3.67. The first-order chi connectivity index (χ1) is 10.0. The summed E-state index contributed by atoms with van der Waals surface area (Å²) in [6, 6.07) is 3.41. The van der Waals surface area contributed by atoms with E-state index < -0.39 is 17.7 Å². The number of rotatable bonds is 2. The second kappa shape index (κ2) is 5.54. The smallest absolute Gasteiger partial charge is 0.225 e. The fourth-order valence-corrected chi connectivity index (χ4v) is 2.62. The highest BCUT2D eigenvalue weighted by Crippen LogP contribution is 2.35. The molecule has 0 saturated carbocycles. The number of aliphatic hydroxyl groups excluding tert-OH is 1. The van der Waals surface area contributed by atoms with Gasteiger partial charge in [0.15, 0.2) is 11.6 Å². The summed E-state index contributed by atoms with van der Waals surface area (Å²) in [5.74, 6) is -1.41. The quantitative estimate of drug-likeness (QED) is 0.926. The molecule has 0 bridgehead atoms. The van der Waals surface area contributed by atoms with Crippen molar-refractivity contribution in [1.82, 2.24) is 9.97 Å². The topological polar surface area (TPSA) is 49.2 Å². The van der Waals surface area contributed by atoms with Crippen molar-refractivity contribution in [2.24, 2.45) is 0 Å². The van der Waals surface area contributed by atoms with Crippen LogP contribution in [-0.2, 0) is 0 Å². The van der Waals surface area contributed by atoms with Crippen LogP contribution in [0.25, 0.3) is 0 Å². The number of β-amino-alcohol motifs (C(OH)–C–C–N with tert-alkyl or cyclic N) is 1. The highest BCUT2D eigenvalue weighted by Gasteiger charge is 2.34. The van der Waals surface area contributed by atoms with E-state index in [1.165, 1.54) is 18.5 Å². The SMILES string of the molecule is OC1CC(c2ccc(F)c(F)c2)N(c2ncc(Cl)cn2)C1. The molecule has 0 aliphatic carbocycles. The molecule has 1 N–H and O–H groups in total. The van der Waals surface area contributed by atoms with Gasteiger partial charge in [-0.25, -0.2) is 18.7 Å². The molecule has 1 aromatic heterocycles. The Labute approximate surface area is 125 Å². The summed E-state index contributed by atoms with van der Waals surface area (Å²) < 4.78 is 26.5. The fourth-order valence-electron chi connectivity index (χ4n) is 2.52. The lowest BCUT2D eigenvalue weighted by Crippen LogP contribution is -2.26. The third kappa shape index (κ3) is 2.82. The summed E-state index contributed by atoms with van der Waals surface area (Å²) >= 11 is 5.75. The molecule has 0 radical (unpaired) electrons. The molecule has 2 heterocycles. The van der Waals surface area contributed by atoms with Gasteiger partial charge >= 0.3 is 0 Å². The molecule has 1 saturated heterocycles. The maximum Gasteiger partial charge on any atom is 0.225 e. The monoisotopic (exact) mass is 311 g/mol. The Bertz CT molecular complexity index is 653. The fraction of sp³-hybridized carbons (Fsp3) is 0.286. The number of hydrogen-bond donors (Lipinski definition) is 1. The van der Waals surface area contributed by atoms with Gasteiger partial charge < -0.3 is 10.0 Å². The van der Waals surface area contributed by atoms with Crippen LogP contribution in [0.15, 0.2) is 30.6 Å². The van der Waals surface area contributed by atoms with Gasteiger partial charge in [-0.2, -0.15) is 0 Å². The van der Waals surface area contributed by atoms with Gasteiger partial charge in [0, 0.05) is 6.54 Å². The van der Waals surface area contributed by atoms with Crippen molar-refractivity contribution in [2.75, 3.05) is 11.4 Å². The molecule has 1 aromatic carbocycles. The minimum atomic E-state index is -0.911. The van der Waals surface area contributed by atoms with E-state index in [0.717, 1.165) is 12.1 Å². The molecule has 0 spiro atoms. The Hall–Kier alpha value is -1.79. The first-order valence-corrected chi connectivity index (χ1v) is 6.79. The summed E-state index contributed by atoms with van der Waals surface area (Å²) in [5.41, 5.74) is 0.573. The van der Waals surface area contributed by atoms with Crippen molar-refractivity contribution >= 4 is 17.5 Å².